The van der Waals surface area contributed by atoms with Crippen LogP contribution in [0.15, 0.2) is 47.5 Å². The van der Waals surface area contributed by atoms with Crippen molar-refractivity contribution < 1.29 is 9.47 Å². The molecule has 1 heterocycles. The monoisotopic (exact) mass is 459 g/mol. The van der Waals surface area contributed by atoms with Gasteiger partial charge in [0.25, 0.3) is 0 Å². The molecule has 0 amide bonds. The summed E-state index contributed by atoms with van der Waals surface area (Å²) in [5.74, 6) is 2.31. The minimum Gasteiger partial charge on any atom is -0.454 e. The Morgan fingerprint density at radius 3 is 2.33 bits per heavy atom. The molecular formula is C17H19ClIN3O2. The number of nitrogens with one attached hydrogen (secondary N) is 2. The highest BCUT2D eigenvalue weighted by Gasteiger charge is 2.13. The van der Waals surface area contributed by atoms with Crippen LogP contribution in [0.25, 0.3) is 0 Å². The average Bonchev–Trinajstić information content (AvgIpc) is 3.04. The first-order valence-electron chi connectivity index (χ1n) is 7.32. The first-order chi connectivity index (χ1) is 11.2. The lowest BCUT2D eigenvalue weighted by Gasteiger charge is -2.12. The fourth-order valence-electron chi connectivity index (χ4n) is 2.25. The number of halogens is 2. The van der Waals surface area contributed by atoms with Gasteiger partial charge in [0.15, 0.2) is 17.5 Å². The normalized spacial score (nSPS) is 12.5. The maximum atomic E-state index is 5.88. The summed E-state index contributed by atoms with van der Waals surface area (Å²) >= 11 is 5.88. The molecule has 0 fully saturated rings. The molecule has 24 heavy (non-hydrogen) atoms. The van der Waals surface area contributed by atoms with Crippen LogP contribution < -0.4 is 20.1 Å². The van der Waals surface area contributed by atoms with Crippen molar-refractivity contribution in [3.8, 4) is 11.5 Å². The molecule has 0 aromatic heterocycles. The molecule has 0 saturated heterocycles. The van der Waals surface area contributed by atoms with E-state index in [0.29, 0.717) is 13.1 Å². The van der Waals surface area contributed by atoms with E-state index in [1.165, 1.54) is 0 Å². The zero-order valence-electron chi connectivity index (χ0n) is 13.2. The second-order valence-electron chi connectivity index (χ2n) is 5.09. The Kier molecular flexibility index (Phi) is 6.99. The molecule has 0 spiro atoms. The number of hydrogen-bond donors (Lipinski definition) is 2. The third kappa shape index (κ3) is 4.91. The fourth-order valence-corrected chi connectivity index (χ4v) is 2.37. The zero-order chi connectivity index (χ0) is 16.1. The van der Waals surface area contributed by atoms with E-state index >= 15 is 0 Å². The second kappa shape index (κ2) is 8.98. The van der Waals surface area contributed by atoms with E-state index in [1.807, 2.05) is 42.5 Å². The van der Waals surface area contributed by atoms with Crippen LogP contribution in [0.5, 0.6) is 11.5 Å². The summed E-state index contributed by atoms with van der Waals surface area (Å²) < 4.78 is 10.7. The van der Waals surface area contributed by atoms with Crippen LogP contribution in [-0.4, -0.2) is 19.8 Å². The van der Waals surface area contributed by atoms with E-state index in [9.17, 15) is 0 Å². The number of fused-ring (bicyclic) bond motifs is 1. The van der Waals surface area contributed by atoms with Gasteiger partial charge in [0.2, 0.25) is 6.79 Å². The fraction of sp³-hybridized carbons (Fsp3) is 0.235. The Balaban J connectivity index is 0.00000208. The lowest BCUT2D eigenvalue weighted by molar-refractivity contribution is 0.174. The molecule has 2 N–H and O–H groups in total. The largest absolute Gasteiger partial charge is 0.454 e. The van der Waals surface area contributed by atoms with Crippen LogP contribution in [0.2, 0.25) is 5.02 Å². The van der Waals surface area contributed by atoms with Crippen LogP contribution in [0.1, 0.15) is 11.1 Å². The minimum atomic E-state index is 0. The van der Waals surface area contributed by atoms with Crippen molar-refractivity contribution in [2.45, 2.75) is 13.1 Å². The lowest BCUT2D eigenvalue weighted by Crippen LogP contribution is -2.36. The van der Waals surface area contributed by atoms with Crippen molar-refractivity contribution in [3.63, 3.8) is 0 Å². The molecule has 2 aromatic rings. The van der Waals surface area contributed by atoms with Crippen molar-refractivity contribution in [1.29, 1.82) is 0 Å². The van der Waals surface area contributed by atoms with Gasteiger partial charge in [-0.15, -0.1) is 24.0 Å². The van der Waals surface area contributed by atoms with E-state index in [4.69, 9.17) is 21.1 Å². The predicted octanol–water partition coefficient (Wildman–Crippen LogP) is 3.55. The summed E-state index contributed by atoms with van der Waals surface area (Å²) in [6, 6.07) is 13.6. The Labute approximate surface area is 163 Å². The highest BCUT2D eigenvalue weighted by atomic mass is 127. The second-order valence-corrected chi connectivity index (χ2v) is 5.53. The van der Waals surface area contributed by atoms with Gasteiger partial charge in [-0.25, -0.2) is 0 Å². The number of aliphatic imine (C=N–C) groups is 1. The Morgan fingerprint density at radius 2 is 1.62 bits per heavy atom. The van der Waals surface area contributed by atoms with Gasteiger partial charge in [0, 0.05) is 25.2 Å². The predicted molar refractivity (Wildman–Crippen MR) is 106 cm³/mol. The van der Waals surface area contributed by atoms with Gasteiger partial charge >= 0.3 is 0 Å². The number of guanidine groups is 1. The molecule has 0 unspecified atom stereocenters. The van der Waals surface area contributed by atoms with Gasteiger partial charge in [-0.05, 0) is 35.4 Å². The molecule has 5 nitrogen and oxygen atoms in total. The average molecular weight is 460 g/mol. The van der Waals surface area contributed by atoms with Crippen LogP contribution >= 0.6 is 35.6 Å². The maximum absolute atomic E-state index is 5.88. The van der Waals surface area contributed by atoms with E-state index in [1.54, 1.807) is 7.05 Å². The zero-order valence-corrected chi connectivity index (χ0v) is 16.3. The third-order valence-electron chi connectivity index (χ3n) is 3.49. The molecule has 0 radical (unpaired) electrons. The number of nitrogens with zero attached hydrogens (tertiary/aromatic N) is 1. The minimum absolute atomic E-state index is 0. The summed E-state index contributed by atoms with van der Waals surface area (Å²) in [5, 5.41) is 7.28. The number of rotatable bonds is 4. The molecule has 2 aromatic carbocycles. The van der Waals surface area contributed by atoms with Gasteiger partial charge in [-0.2, -0.15) is 0 Å². The lowest BCUT2D eigenvalue weighted by atomic mass is 10.2. The first kappa shape index (κ1) is 18.7. The van der Waals surface area contributed by atoms with Crippen molar-refractivity contribution in [3.05, 3.63) is 58.6 Å². The summed E-state index contributed by atoms with van der Waals surface area (Å²) in [7, 11) is 1.75. The van der Waals surface area contributed by atoms with E-state index in [2.05, 4.69) is 15.6 Å². The molecule has 0 atom stereocenters. The third-order valence-corrected chi connectivity index (χ3v) is 3.75. The number of hydrogen-bond acceptors (Lipinski definition) is 3. The highest BCUT2D eigenvalue weighted by molar-refractivity contribution is 14.0. The Morgan fingerprint density at radius 1 is 1.00 bits per heavy atom. The van der Waals surface area contributed by atoms with Gasteiger partial charge in [0.05, 0.1) is 0 Å². The quantitative estimate of drug-likeness (QED) is 0.417. The Hall–Kier alpha value is -1.67. The summed E-state index contributed by atoms with van der Waals surface area (Å²) in [5.41, 5.74) is 2.24. The molecule has 1 aliphatic heterocycles. The molecular weight excluding hydrogens is 441 g/mol. The molecule has 0 bridgehead atoms. The van der Waals surface area contributed by atoms with E-state index < -0.39 is 0 Å². The topological polar surface area (TPSA) is 54.9 Å². The molecule has 128 valence electrons. The van der Waals surface area contributed by atoms with E-state index in [-0.39, 0.29) is 30.8 Å². The van der Waals surface area contributed by atoms with Crippen molar-refractivity contribution in [2.24, 2.45) is 4.99 Å². The summed E-state index contributed by atoms with van der Waals surface area (Å²) in [4.78, 5) is 4.22. The van der Waals surface area contributed by atoms with Crippen molar-refractivity contribution in [2.75, 3.05) is 13.8 Å². The number of benzene rings is 2. The standard InChI is InChI=1S/C17H18ClN3O2.HI/c1-19-17(20-9-12-2-5-14(18)6-3-12)21-10-13-4-7-15-16(8-13)23-11-22-15;/h2-8H,9-11H2,1H3,(H2,19,20,21);1H. The Bertz CT molecular complexity index is 707. The van der Waals surface area contributed by atoms with Crippen LogP contribution in [-0.2, 0) is 13.1 Å². The van der Waals surface area contributed by atoms with Crippen LogP contribution in [0.4, 0.5) is 0 Å². The molecule has 0 aliphatic carbocycles. The van der Waals surface area contributed by atoms with Gasteiger partial charge in [-0.3, -0.25) is 4.99 Å². The maximum Gasteiger partial charge on any atom is 0.231 e. The first-order valence-corrected chi connectivity index (χ1v) is 7.70. The van der Waals surface area contributed by atoms with Crippen molar-refractivity contribution in [1.82, 2.24) is 10.6 Å². The molecule has 3 rings (SSSR count). The molecule has 7 heteroatoms. The highest BCUT2D eigenvalue weighted by Crippen LogP contribution is 2.32. The van der Waals surface area contributed by atoms with Gasteiger partial charge < -0.3 is 20.1 Å². The summed E-state index contributed by atoms with van der Waals surface area (Å²) in [6.45, 7) is 1.62. The number of ether oxygens (including phenoxy) is 2. The van der Waals surface area contributed by atoms with Gasteiger partial charge in [-0.1, -0.05) is 29.8 Å². The SMILES string of the molecule is CN=C(NCc1ccc(Cl)cc1)NCc1ccc2c(c1)OCO2.I. The molecule has 1 aliphatic rings. The van der Waals surface area contributed by atoms with E-state index in [0.717, 1.165) is 33.6 Å². The van der Waals surface area contributed by atoms with Gasteiger partial charge in [0.1, 0.15) is 0 Å². The smallest absolute Gasteiger partial charge is 0.231 e. The van der Waals surface area contributed by atoms with Crippen molar-refractivity contribution >= 4 is 41.5 Å². The van der Waals surface area contributed by atoms with Crippen LogP contribution in [0.3, 0.4) is 0 Å². The molecule has 0 saturated carbocycles. The van der Waals surface area contributed by atoms with Crippen LogP contribution in [0, 0.1) is 0 Å². The summed E-state index contributed by atoms with van der Waals surface area (Å²) in [6.07, 6.45) is 0.